The van der Waals surface area contributed by atoms with Gasteiger partial charge in [0.2, 0.25) is 0 Å². The minimum atomic E-state index is -0.114. The monoisotopic (exact) mass is 300 g/mol. The molecule has 1 aromatic heterocycles. The highest BCUT2D eigenvalue weighted by atomic mass is 32.1. The van der Waals surface area contributed by atoms with Crippen molar-refractivity contribution in [3.8, 4) is 0 Å². The van der Waals surface area contributed by atoms with Crippen LogP contribution in [0.3, 0.4) is 0 Å². The Hall–Kier alpha value is -1.34. The lowest BCUT2D eigenvalue weighted by Gasteiger charge is -2.15. The fraction of sp³-hybridized carbons (Fsp3) is 0.692. The van der Waals surface area contributed by atoms with E-state index in [0.717, 1.165) is 6.54 Å². The Labute approximate surface area is 124 Å². The van der Waals surface area contributed by atoms with Crippen LogP contribution in [0.4, 0.5) is 10.9 Å². The minimum Gasteiger partial charge on any atom is -0.382 e. The number of nitrogens with zero attached hydrogens (tertiary/aromatic N) is 2. The molecule has 1 amide bonds. The largest absolute Gasteiger partial charge is 0.382 e. The lowest BCUT2D eigenvalue weighted by Crippen LogP contribution is -2.30. The lowest BCUT2D eigenvalue weighted by molar-refractivity contribution is 0.0715. The number of hydrogen-bond acceptors (Lipinski definition) is 6. The summed E-state index contributed by atoms with van der Waals surface area (Å²) in [5.41, 5.74) is 5.82. The van der Waals surface area contributed by atoms with Gasteiger partial charge in [-0.25, -0.2) is 4.98 Å². The fourth-order valence-electron chi connectivity index (χ4n) is 1.47. The number of aromatic nitrogens is 1. The predicted octanol–water partition coefficient (Wildman–Crippen LogP) is 1.90. The molecule has 0 aliphatic rings. The summed E-state index contributed by atoms with van der Waals surface area (Å²) >= 11 is 1.30. The van der Waals surface area contributed by atoms with Gasteiger partial charge in [0.1, 0.15) is 10.7 Å². The summed E-state index contributed by atoms with van der Waals surface area (Å²) in [6, 6.07) is 0. The van der Waals surface area contributed by atoms with Crippen LogP contribution in [0, 0.1) is 5.92 Å². The normalized spacial score (nSPS) is 10.8. The van der Waals surface area contributed by atoms with Crippen LogP contribution in [0.1, 0.15) is 30.4 Å². The molecule has 3 N–H and O–H groups in total. The highest BCUT2D eigenvalue weighted by Gasteiger charge is 2.19. The van der Waals surface area contributed by atoms with E-state index in [9.17, 15) is 4.79 Å². The van der Waals surface area contributed by atoms with Gasteiger partial charge in [0, 0.05) is 26.7 Å². The number of hydrogen-bond donors (Lipinski definition) is 2. The van der Waals surface area contributed by atoms with E-state index in [2.05, 4.69) is 24.1 Å². The molecule has 1 heterocycles. The molecule has 0 saturated carbocycles. The Morgan fingerprint density at radius 3 is 2.85 bits per heavy atom. The van der Waals surface area contributed by atoms with Crippen molar-refractivity contribution in [3.63, 3.8) is 0 Å². The maximum atomic E-state index is 12.2. The van der Waals surface area contributed by atoms with Crippen LogP contribution in [0.2, 0.25) is 0 Å². The second kappa shape index (κ2) is 8.06. The molecule has 1 rings (SSSR count). The molecule has 1 aromatic rings. The molecule has 0 aliphatic carbocycles. The van der Waals surface area contributed by atoms with Gasteiger partial charge in [-0.15, -0.1) is 0 Å². The third-order valence-corrected chi connectivity index (χ3v) is 3.65. The number of ether oxygens (including phenoxy) is 1. The molecular weight excluding hydrogens is 276 g/mol. The molecule has 7 heteroatoms. The summed E-state index contributed by atoms with van der Waals surface area (Å²) in [5, 5.41) is 3.88. The van der Waals surface area contributed by atoms with Crippen LogP contribution in [0.25, 0.3) is 0 Å². The molecule has 6 nitrogen and oxygen atoms in total. The molecule has 114 valence electrons. The van der Waals surface area contributed by atoms with E-state index in [0.29, 0.717) is 35.7 Å². The standard InChI is InChI=1S/C13H24N4O2S/c1-5-19-7-6-17(4)12(18)10-11(14)16-13(20-10)15-8-9(2)3/h9H,5-8,14H2,1-4H3,(H,15,16). The van der Waals surface area contributed by atoms with Gasteiger partial charge in [-0.05, 0) is 12.8 Å². The van der Waals surface area contributed by atoms with Crippen LogP contribution < -0.4 is 11.1 Å². The van der Waals surface area contributed by atoms with E-state index in [1.54, 1.807) is 11.9 Å². The number of nitrogens with one attached hydrogen (secondary N) is 1. The zero-order chi connectivity index (χ0) is 15.1. The van der Waals surface area contributed by atoms with Crippen LogP contribution in [-0.4, -0.2) is 49.1 Å². The highest BCUT2D eigenvalue weighted by Crippen LogP contribution is 2.26. The number of amides is 1. The number of likely N-dealkylation sites (N-methyl/N-ethyl adjacent to an activating group) is 1. The van der Waals surface area contributed by atoms with Gasteiger partial charge in [-0.1, -0.05) is 25.2 Å². The van der Waals surface area contributed by atoms with Crippen LogP contribution in [-0.2, 0) is 4.74 Å². The van der Waals surface area contributed by atoms with Crippen molar-refractivity contribution in [2.75, 3.05) is 44.4 Å². The van der Waals surface area contributed by atoms with Gasteiger partial charge < -0.3 is 20.7 Å². The van der Waals surface area contributed by atoms with Gasteiger partial charge >= 0.3 is 0 Å². The molecule has 0 fully saturated rings. The minimum absolute atomic E-state index is 0.114. The number of nitrogen functional groups attached to an aromatic ring is 1. The molecular formula is C13H24N4O2S. The van der Waals surface area contributed by atoms with E-state index < -0.39 is 0 Å². The smallest absolute Gasteiger partial charge is 0.267 e. The Kier molecular flexibility index (Phi) is 6.74. The molecule has 0 bridgehead atoms. The number of anilines is 2. The number of thiazole rings is 1. The van der Waals surface area contributed by atoms with Crippen molar-refractivity contribution >= 4 is 28.2 Å². The zero-order valence-electron chi connectivity index (χ0n) is 12.6. The second-order valence-corrected chi connectivity index (χ2v) is 5.93. The third-order valence-electron chi connectivity index (χ3n) is 2.63. The Balaban J connectivity index is 2.63. The third kappa shape index (κ3) is 4.97. The van der Waals surface area contributed by atoms with Crippen molar-refractivity contribution < 1.29 is 9.53 Å². The Bertz CT molecular complexity index is 434. The second-order valence-electron chi connectivity index (χ2n) is 4.93. The summed E-state index contributed by atoms with van der Waals surface area (Å²) in [6.07, 6.45) is 0. The average molecular weight is 300 g/mol. The van der Waals surface area contributed by atoms with Gasteiger partial charge in [-0.2, -0.15) is 0 Å². The van der Waals surface area contributed by atoms with Gasteiger partial charge in [-0.3, -0.25) is 4.79 Å². The van der Waals surface area contributed by atoms with Crippen molar-refractivity contribution in [3.05, 3.63) is 4.88 Å². The fourth-order valence-corrected chi connectivity index (χ4v) is 2.36. The molecule has 0 radical (unpaired) electrons. The van der Waals surface area contributed by atoms with Gasteiger partial charge in [0.15, 0.2) is 5.13 Å². The maximum Gasteiger partial charge on any atom is 0.267 e. The molecule has 0 unspecified atom stereocenters. The highest BCUT2D eigenvalue weighted by molar-refractivity contribution is 7.18. The zero-order valence-corrected chi connectivity index (χ0v) is 13.4. The first-order chi connectivity index (χ1) is 9.45. The average Bonchev–Trinajstić information content (AvgIpc) is 2.77. The van der Waals surface area contributed by atoms with Crippen molar-refractivity contribution in [2.45, 2.75) is 20.8 Å². The number of nitrogens with two attached hydrogens (primary N) is 1. The molecule has 0 saturated heterocycles. The van der Waals surface area contributed by atoms with Crippen molar-refractivity contribution in [1.82, 2.24) is 9.88 Å². The number of carbonyl (C=O) groups is 1. The van der Waals surface area contributed by atoms with E-state index in [1.807, 2.05) is 6.92 Å². The van der Waals surface area contributed by atoms with Crippen LogP contribution >= 0.6 is 11.3 Å². The summed E-state index contributed by atoms with van der Waals surface area (Å²) in [7, 11) is 1.74. The summed E-state index contributed by atoms with van der Waals surface area (Å²) in [5.74, 6) is 0.681. The van der Waals surface area contributed by atoms with Gasteiger partial charge in [0.05, 0.1) is 6.61 Å². The van der Waals surface area contributed by atoms with E-state index >= 15 is 0 Å². The SMILES string of the molecule is CCOCCN(C)C(=O)c1sc(NCC(C)C)nc1N. The summed E-state index contributed by atoms with van der Waals surface area (Å²) < 4.78 is 5.24. The first-order valence-corrected chi connectivity index (χ1v) is 7.60. The van der Waals surface area contributed by atoms with Gasteiger partial charge in [0.25, 0.3) is 5.91 Å². The lowest BCUT2D eigenvalue weighted by atomic mass is 10.2. The van der Waals surface area contributed by atoms with E-state index in [-0.39, 0.29) is 11.7 Å². The Morgan fingerprint density at radius 2 is 2.25 bits per heavy atom. The van der Waals surface area contributed by atoms with E-state index in [4.69, 9.17) is 10.5 Å². The molecule has 20 heavy (non-hydrogen) atoms. The number of carbonyl (C=O) groups excluding carboxylic acids is 1. The van der Waals surface area contributed by atoms with Crippen molar-refractivity contribution in [2.24, 2.45) is 5.92 Å². The topological polar surface area (TPSA) is 80.5 Å². The number of rotatable bonds is 8. The maximum absolute atomic E-state index is 12.2. The first kappa shape index (κ1) is 16.7. The summed E-state index contributed by atoms with van der Waals surface area (Å²) in [4.78, 5) is 18.5. The van der Waals surface area contributed by atoms with Crippen LogP contribution in [0.15, 0.2) is 0 Å². The summed E-state index contributed by atoms with van der Waals surface area (Å²) in [6.45, 7) is 8.66. The Morgan fingerprint density at radius 1 is 1.55 bits per heavy atom. The molecule has 0 aliphatic heterocycles. The van der Waals surface area contributed by atoms with E-state index in [1.165, 1.54) is 11.3 Å². The van der Waals surface area contributed by atoms with Crippen LogP contribution in [0.5, 0.6) is 0 Å². The van der Waals surface area contributed by atoms with Crippen molar-refractivity contribution in [1.29, 1.82) is 0 Å². The quantitative estimate of drug-likeness (QED) is 0.717. The molecule has 0 aromatic carbocycles. The molecule has 0 atom stereocenters. The predicted molar refractivity (Wildman–Crippen MR) is 83.3 cm³/mol. The molecule has 0 spiro atoms. The first-order valence-electron chi connectivity index (χ1n) is 6.79.